The first kappa shape index (κ1) is 16.9. The second kappa shape index (κ2) is 8.22. The zero-order valence-electron chi connectivity index (χ0n) is 14.0. The van der Waals surface area contributed by atoms with Gasteiger partial charge in [0.1, 0.15) is 5.75 Å². The molecule has 1 amide bonds. The number of rotatable bonds is 7. The van der Waals surface area contributed by atoms with Gasteiger partial charge in [0.15, 0.2) is 0 Å². The summed E-state index contributed by atoms with van der Waals surface area (Å²) >= 11 is 0. The molecule has 2 aromatic rings. The SMILES string of the molecule is CCCOc1ccccc1NCC(=O)Nc1ccc(C)cc1C. The summed E-state index contributed by atoms with van der Waals surface area (Å²) in [6.07, 6.45) is 0.946. The number of para-hydroxylation sites is 2. The quantitative estimate of drug-likeness (QED) is 0.808. The van der Waals surface area contributed by atoms with Gasteiger partial charge in [0.25, 0.3) is 0 Å². The van der Waals surface area contributed by atoms with Gasteiger partial charge in [0.05, 0.1) is 18.8 Å². The monoisotopic (exact) mass is 312 g/mol. The Morgan fingerprint density at radius 1 is 1.09 bits per heavy atom. The van der Waals surface area contributed by atoms with Crippen molar-refractivity contribution in [2.75, 3.05) is 23.8 Å². The van der Waals surface area contributed by atoms with E-state index in [0.29, 0.717) is 6.61 Å². The van der Waals surface area contributed by atoms with Gasteiger partial charge in [-0.05, 0) is 44.0 Å². The average Bonchev–Trinajstić information content (AvgIpc) is 2.54. The van der Waals surface area contributed by atoms with E-state index in [4.69, 9.17) is 4.74 Å². The maximum absolute atomic E-state index is 12.1. The van der Waals surface area contributed by atoms with Crippen molar-refractivity contribution in [2.45, 2.75) is 27.2 Å². The zero-order chi connectivity index (χ0) is 16.7. The lowest BCUT2D eigenvalue weighted by molar-refractivity contribution is -0.114. The third kappa shape index (κ3) is 5.02. The maximum Gasteiger partial charge on any atom is 0.243 e. The van der Waals surface area contributed by atoms with E-state index >= 15 is 0 Å². The van der Waals surface area contributed by atoms with Crippen LogP contribution in [0.5, 0.6) is 5.75 Å². The van der Waals surface area contributed by atoms with Gasteiger partial charge in [-0.3, -0.25) is 4.79 Å². The van der Waals surface area contributed by atoms with Crippen LogP contribution in [0.4, 0.5) is 11.4 Å². The molecule has 0 aliphatic rings. The van der Waals surface area contributed by atoms with Crippen LogP contribution >= 0.6 is 0 Å². The Labute approximate surface area is 137 Å². The molecule has 0 fully saturated rings. The molecule has 0 aromatic heterocycles. The molecule has 0 unspecified atom stereocenters. The minimum absolute atomic E-state index is 0.0813. The lowest BCUT2D eigenvalue weighted by atomic mass is 10.1. The molecule has 0 bridgehead atoms. The molecular weight excluding hydrogens is 288 g/mol. The molecule has 0 aliphatic carbocycles. The fourth-order valence-corrected chi connectivity index (χ4v) is 2.27. The number of hydrogen-bond donors (Lipinski definition) is 2. The van der Waals surface area contributed by atoms with Gasteiger partial charge in [0.2, 0.25) is 5.91 Å². The van der Waals surface area contributed by atoms with Gasteiger partial charge in [-0.15, -0.1) is 0 Å². The summed E-state index contributed by atoms with van der Waals surface area (Å²) in [6.45, 7) is 6.94. The minimum atomic E-state index is -0.0813. The van der Waals surface area contributed by atoms with Crippen LogP contribution in [0.25, 0.3) is 0 Å². The number of anilines is 2. The predicted octanol–water partition coefficient (Wildman–Crippen LogP) is 4.14. The smallest absolute Gasteiger partial charge is 0.243 e. The van der Waals surface area contributed by atoms with Crippen molar-refractivity contribution in [3.05, 3.63) is 53.6 Å². The van der Waals surface area contributed by atoms with Crippen LogP contribution in [0.15, 0.2) is 42.5 Å². The summed E-state index contributed by atoms with van der Waals surface area (Å²) in [6, 6.07) is 13.6. The molecule has 4 heteroatoms. The highest BCUT2D eigenvalue weighted by Gasteiger charge is 2.07. The zero-order valence-corrected chi connectivity index (χ0v) is 14.0. The molecule has 4 nitrogen and oxygen atoms in total. The number of benzene rings is 2. The standard InChI is InChI=1S/C19H24N2O2/c1-4-11-23-18-8-6-5-7-17(18)20-13-19(22)21-16-10-9-14(2)12-15(16)3/h5-10,12,20H,4,11,13H2,1-3H3,(H,21,22). The van der Waals surface area contributed by atoms with Crippen LogP contribution in [-0.2, 0) is 4.79 Å². The molecule has 23 heavy (non-hydrogen) atoms. The van der Waals surface area contributed by atoms with E-state index < -0.39 is 0 Å². The van der Waals surface area contributed by atoms with Crippen molar-refractivity contribution in [2.24, 2.45) is 0 Å². The Bertz CT molecular complexity index is 668. The van der Waals surface area contributed by atoms with E-state index in [1.807, 2.05) is 50.2 Å². The van der Waals surface area contributed by atoms with Crippen molar-refractivity contribution in [1.82, 2.24) is 0 Å². The van der Waals surface area contributed by atoms with Crippen LogP contribution in [0, 0.1) is 13.8 Å². The Morgan fingerprint density at radius 2 is 1.87 bits per heavy atom. The number of amides is 1. The van der Waals surface area contributed by atoms with Crippen molar-refractivity contribution in [1.29, 1.82) is 0 Å². The van der Waals surface area contributed by atoms with Crippen molar-refractivity contribution < 1.29 is 9.53 Å². The largest absolute Gasteiger partial charge is 0.491 e. The van der Waals surface area contributed by atoms with Gasteiger partial charge in [-0.1, -0.05) is 36.8 Å². The first-order valence-corrected chi connectivity index (χ1v) is 7.93. The molecule has 0 aliphatic heterocycles. The molecular formula is C19H24N2O2. The van der Waals surface area contributed by atoms with Gasteiger partial charge < -0.3 is 15.4 Å². The predicted molar refractivity (Wildman–Crippen MR) is 95.3 cm³/mol. The molecule has 2 N–H and O–H groups in total. The highest BCUT2D eigenvalue weighted by molar-refractivity contribution is 5.94. The second-order valence-electron chi connectivity index (χ2n) is 5.56. The van der Waals surface area contributed by atoms with E-state index in [-0.39, 0.29) is 12.5 Å². The molecule has 122 valence electrons. The van der Waals surface area contributed by atoms with E-state index in [1.165, 1.54) is 5.56 Å². The molecule has 0 saturated heterocycles. The van der Waals surface area contributed by atoms with E-state index in [9.17, 15) is 4.79 Å². The fourth-order valence-electron chi connectivity index (χ4n) is 2.27. The first-order valence-electron chi connectivity index (χ1n) is 7.93. The number of nitrogens with one attached hydrogen (secondary N) is 2. The summed E-state index contributed by atoms with van der Waals surface area (Å²) in [5.74, 6) is 0.691. The number of ether oxygens (including phenoxy) is 1. The summed E-state index contributed by atoms with van der Waals surface area (Å²) < 4.78 is 5.67. The van der Waals surface area contributed by atoms with Crippen molar-refractivity contribution >= 4 is 17.3 Å². The maximum atomic E-state index is 12.1. The number of aryl methyl sites for hydroxylation is 2. The molecule has 2 rings (SSSR count). The Morgan fingerprint density at radius 3 is 2.61 bits per heavy atom. The van der Waals surface area contributed by atoms with E-state index in [1.54, 1.807) is 0 Å². The van der Waals surface area contributed by atoms with Gasteiger partial charge >= 0.3 is 0 Å². The van der Waals surface area contributed by atoms with Gasteiger partial charge in [-0.2, -0.15) is 0 Å². The number of carbonyl (C=O) groups is 1. The lowest BCUT2D eigenvalue weighted by Crippen LogP contribution is -2.22. The molecule has 0 heterocycles. The molecule has 0 radical (unpaired) electrons. The van der Waals surface area contributed by atoms with Crippen LogP contribution in [0.1, 0.15) is 24.5 Å². The minimum Gasteiger partial charge on any atom is -0.491 e. The van der Waals surface area contributed by atoms with Crippen LogP contribution in [0.3, 0.4) is 0 Å². The van der Waals surface area contributed by atoms with Gasteiger partial charge in [0, 0.05) is 5.69 Å². The topological polar surface area (TPSA) is 50.4 Å². The van der Waals surface area contributed by atoms with E-state index in [2.05, 4.69) is 23.6 Å². The highest BCUT2D eigenvalue weighted by Crippen LogP contribution is 2.23. The van der Waals surface area contributed by atoms with Crippen LogP contribution < -0.4 is 15.4 Å². The third-order valence-corrected chi connectivity index (χ3v) is 3.44. The summed E-state index contributed by atoms with van der Waals surface area (Å²) in [5, 5.41) is 6.06. The number of carbonyl (C=O) groups excluding carboxylic acids is 1. The van der Waals surface area contributed by atoms with Gasteiger partial charge in [-0.25, -0.2) is 0 Å². The summed E-state index contributed by atoms with van der Waals surface area (Å²) in [5.41, 5.74) is 3.92. The fraction of sp³-hybridized carbons (Fsp3) is 0.316. The van der Waals surface area contributed by atoms with Crippen LogP contribution in [-0.4, -0.2) is 19.1 Å². The third-order valence-electron chi connectivity index (χ3n) is 3.44. The Kier molecular flexibility index (Phi) is 6.03. The Hall–Kier alpha value is -2.49. The van der Waals surface area contributed by atoms with Crippen molar-refractivity contribution in [3.8, 4) is 5.75 Å². The highest BCUT2D eigenvalue weighted by atomic mass is 16.5. The normalized spacial score (nSPS) is 10.2. The molecule has 0 spiro atoms. The van der Waals surface area contributed by atoms with E-state index in [0.717, 1.165) is 29.1 Å². The molecule has 0 atom stereocenters. The number of hydrogen-bond acceptors (Lipinski definition) is 3. The molecule has 2 aromatic carbocycles. The van der Waals surface area contributed by atoms with Crippen molar-refractivity contribution in [3.63, 3.8) is 0 Å². The lowest BCUT2D eigenvalue weighted by Gasteiger charge is -2.13. The average molecular weight is 312 g/mol. The first-order chi connectivity index (χ1) is 11.1. The Balaban J connectivity index is 1.94. The molecule has 0 saturated carbocycles. The summed E-state index contributed by atoms with van der Waals surface area (Å²) in [4.78, 5) is 12.1. The van der Waals surface area contributed by atoms with Crippen LogP contribution in [0.2, 0.25) is 0 Å². The second-order valence-corrected chi connectivity index (χ2v) is 5.56. The summed E-state index contributed by atoms with van der Waals surface area (Å²) in [7, 11) is 0.